The zero-order valence-electron chi connectivity index (χ0n) is 15.0. The highest BCUT2D eigenvalue weighted by atomic mass is 16.5. The van der Waals surface area contributed by atoms with E-state index >= 15 is 0 Å². The number of nitrogens with one attached hydrogen (secondary N) is 1. The number of hydrogen-bond donors (Lipinski definition) is 1. The normalized spacial score (nSPS) is 11.2. The number of carbonyl (C=O) groups is 1. The number of pyridine rings is 1. The zero-order chi connectivity index (χ0) is 18.6. The van der Waals surface area contributed by atoms with Crippen molar-refractivity contribution in [2.75, 3.05) is 13.7 Å². The van der Waals surface area contributed by atoms with Gasteiger partial charge in [0.1, 0.15) is 12.0 Å². The van der Waals surface area contributed by atoms with E-state index in [4.69, 9.17) is 9.15 Å². The Kier molecular flexibility index (Phi) is 5.02. The Hall–Kier alpha value is -3.15. The van der Waals surface area contributed by atoms with Crippen LogP contribution in [-0.4, -0.2) is 29.5 Å². The van der Waals surface area contributed by atoms with Crippen molar-refractivity contribution >= 4 is 5.91 Å². The Balaban J connectivity index is 1.69. The van der Waals surface area contributed by atoms with Gasteiger partial charge in [-0.1, -0.05) is 38.1 Å². The zero-order valence-corrected chi connectivity index (χ0v) is 15.0. The van der Waals surface area contributed by atoms with Gasteiger partial charge in [-0.05, 0) is 18.2 Å². The molecule has 134 valence electrons. The van der Waals surface area contributed by atoms with Crippen molar-refractivity contribution in [3.05, 3.63) is 66.2 Å². The highest BCUT2D eigenvalue weighted by Crippen LogP contribution is 2.26. The molecule has 0 saturated carbocycles. The van der Waals surface area contributed by atoms with Crippen LogP contribution in [0.1, 0.15) is 30.0 Å². The number of hydrogen-bond acceptors (Lipinski definition) is 5. The van der Waals surface area contributed by atoms with Crippen molar-refractivity contribution in [3.8, 4) is 17.3 Å². The van der Waals surface area contributed by atoms with E-state index in [0.717, 1.165) is 11.3 Å². The molecule has 0 spiro atoms. The predicted octanol–water partition coefficient (Wildman–Crippen LogP) is 3.45. The number of carbonyl (C=O) groups excluding carboxylic acids is 1. The molecule has 0 radical (unpaired) electrons. The number of methoxy groups -OCH3 is 1. The van der Waals surface area contributed by atoms with Gasteiger partial charge in [0.2, 0.25) is 11.8 Å². The van der Waals surface area contributed by atoms with Gasteiger partial charge in [0.15, 0.2) is 0 Å². The first-order valence-corrected chi connectivity index (χ1v) is 8.30. The van der Waals surface area contributed by atoms with Crippen LogP contribution in [0.15, 0.2) is 59.2 Å². The van der Waals surface area contributed by atoms with Gasteiger partial charge in [-0.2, -0.15) is 0 Å². The first-order chi connectivity index (χ1) is 12.5. The number of oxazole rings is 1. The van der Waals surface area contributed by atoms with Crippen molar-refractivity contribution < 1.29 is 13.9 Å². The third-order valence-electron chi connectivity index (χ3n) is 4.07. The van der Waals surface area contributed by atoms with Gasteiger partial charge in [-0.3, -0.25) is 4.79 Å². The van der Waals surface area contributed by atoms with Gasteiger partial charge in [0, 0.05) is 23.6 Å². The molecule has 26 heavy (non-hydrogen) atoms. The molecule has 0 aliphatic rings. The number of nitrogens with zero attached hydrogens (tertiary/aromatic N) is 2. The fraction of sp³-hybridized carbons (Fsp3) is 0.250. The molecule has 3 aromatic rings. The van der Waals surface area contributed by atoms with E-state index in [9.17, 15) is 4.79 Å². The van der Waals surface area contributed by atoms with Crippen molar-refractivity contribution in [1.82, 2.24) is 15.3 Å². The van der Waals surface area contributed by atoms with E-state index in [1.807, 2.05) is 44.2 Å². The number of rotatable bonds is 6. The topological polar surface area (TPSA) is 77.2 Å². The summed E-state index contributed by atoms with van der Waals surface area (Å²) in [4.78, 5) is 21.1. The number of aromatic nitrogens is 2. The minimum atomic E-state index is -0.398. The molecule has 0 bridgehead atoms. The molecule has 1 aromatic carbocycles. The Bertz CT molecular complexity index is 888. The summed E-state index contributed by atoms with van der Waals surface area (Å²) in [5.74, 6) is 0.708. The van der Waals surface area contributed by atoms with Gasteiger partial charge in [0.25, 0.3) is 5.91 Å². The molecule has 6 heteroatoms. The Morgan fingerprint density at radius 1 is 1.12 bits per heavy atom. The largest absolute Gasteiger partial charge is 0.481 e. The van der Waals surface area contributed by atoms with Crippen LogP contribution in [0.3, 0.4) is 0 Å². The Morgan fingerprint density at radius 3 is 2.62 bits per heavy atom. The fourth-order valence-electron chi connectivity index (χ4n) is 2.44. The maximum absolute atomic E-state index is 12.3. The van der Waals surface area contributed by atoms with E-state index < -0.39 is 5.41 Å². The molecule has 2 aromatic heterocycles. The summed E-state index contributed by atoms with van der Waals surface area (Å²) in [6, 6.07) is 14.8. The van der Waals surface area contributed by atoms with Gasteiger partial charge in [-0.15, -0.1) is 0 Å². The third kappa shape index (κ3) is 3.91. The summed E-state index contributed by atoms with van der Waals surface area (Å²) >= 11 is 0. The lowest BCUT2D eigenvalue weighted by atomic mass is 9.90. The quantitative estimate of drug-likeness (QED) is 0.736. The predicted molar refractivity (Wildman–Crippen MR) is 98.1 cm³/mol. The van der Waals surface area contributed by atoms with E-state index in [2.05, 4.69) is 15.3 Å². The maximum atomic E-state index is 12.3. The summed E-state index contributed by atoms with van der Waals surface area (Å²) in [5.41, 5.74) is 1.60. The lowest BCUT2D eigenvalue weighted by Crippen LogP contribution is -2.37. The van der Waals surface area contributed by atoms with E-state index in [1.165, 1.54) is 7.11 Å². The second-order valence-corrected chi connectivity index (χ2v) is 6.54. The summed E-state index contributed by atoms with van der Waals surface area (Å²) in [6.45, 7) is 4.39. The van der Waals surface area contributed by atoms with Gasteiger partial charge < -0.3 is 14.5 Å². The maximum Gasteiger partial charge on any atom is 0.270 e. The van der Waals surface area contributed by atoms with Crippen LogP contribution in [0.25, 0.3) is 11.5 Å². The molecule has 0 fully saturated rings. The van der Waals surface area contributed by atoms with Gasteiger partial charge in [0.05, 0.1) is 12.8 Å². The summed E-state index contributed by atoms with van der Waals surface area (Å²) in [7, 11) is 1.52. The minimum absolute atomic E-state index is 0.260. The standard InChI is InChI=1S/C20H21N3O3/c1-20(2,13-21-18(24)15-10-7-11-17(22-15)25-3)16-12-26-19(23-16)14-8-5-4-6-9-14/h4-12H,13H2,1-3H3,(H,21,24). The Morgan fingerprint density at radius 2 is 1.88 bits per heavy atom. The SMILES string of the molecule is COc1cccc(C(=O)NCC(C)(C)c2coc(-c3ccccc3)n2)n1. The molecule has 1 amide bonds. The van der Waals surface area contributed by atoms with Crippen molar-refractivity contribution in [3.63, 3.8) is 0 Å². The highest BCUT2D eigenvalue weighted by Gasteiger charge is 2.26. The summed E-state index contributed by atoms with van der Waals surface area (Å²) < 4.78 is 10.7. The second kappa shape index (κ2) is 7.39. The molecule has 1 N–H and O–H groups in total. The van der Waals surface area contributed by atoms with Crippen LogP contribution in [-0.2, 0) is 5.41 Å². The lowest BCUT2D eigenvalue weighted by Gasteiger charge is -2.22. The monoisotopic (exact) mass is 351 g/mol. The Labute approximate surface area is 152 Å². The molecule has 0 aliphatic carbocycles. The number of ether oxygens (including phenoxy) is 1. The van der Waals surface area contributed by atoms with Crippen LogP contribution in [0.4, 0.5) is 0 Å². The lowest BCUT2D eigenvalue weighted by molar-refractivity contribution is 0.0939. The molecule has 3 rings (SSSR count). The van der Waals surface area contributed by atoms with Crippen LogP contribution in [0.2, 0.25) is 0 Å². The average Bonchev–Trinajstić information content (AvgIpc) is 3.18. The molecular formula is C20H21N3O3. The van der Waals surface area contributed by atoms with E-state index in [0.29, 0.717) is 24.0 Å². The number of amides is 1. The molecule has 0 saturated heterocycles. The summed E-state index contributed by atoms with van der Waals surface area (Å²) in [5, 5.41) is 2.90. The molecular weight excluding hydrogens is 330 g/mol. The first kappa shape index (κ1) is 17.7. The second-order valence-electron chi connectivity index (χ2n) is 6.54. The summed E-state index contributed by atoms with van der Waals surface area (Å²) in [6.07, 6.45) is 1.64. The van der Waals surface area contributed by atoms with Crippen LogP contribution in [0, 0.1) is 0 Å². The molecule has 0 unspecified atom stereocenters. The van der Waals surface area contributed by atoms with Crippen molar-refractivity contribution in [2.45, 2.75) is 19.3 Å². The number of benzene rings is 1. The van der Waals surface area contributed by atoms with Gasteiger partial charge in [-0.25, -0.2) is 9.97 Å². The fourth-order valence-corrected chi connectivity index (χ4v) is 2.44. The van der Waals surface area contributed by atoms with E-state index in [-0.39, 0.29) is 5.91 Å². The van der Waals surface area contributed by atoms with Crippen molar-refractivity contribution in [2.24, 2.45) is 0 Å². The minimum Gasteiger partial charge on any atom is -0.481 e. The molecule has 0 aliphatic heterocycles. The molecule has 2 heterocycles. The molecule has 6 nitrogen and oxygen atoms in total. The first-order valence-electron chi connectivity index (χ1n) is 8.30. The highest BCUT2D eigenvalue weighted by molar-refractivity contribution is 5.92. The van der Waals surface area contributed by atoms with Crippen LogP contribution < -0.4 is 10.1 Å². The van der Waals surface area contributed by atoms with Gasteiger partial charge >= 0.3 is 0 Å². The van der Waals surface area contributed by atoms with E-state index in [1.54, 1.807) is 24.5 Å². The molecule has 0 atom stereocenters. The third-order valence-corrected chi connectivity index (χ3v) is 4.07. The van der Waals surface area contributed by atoms with Crippen LogP contribution >= 0.6 is 0 Å². The van der Waals surface area contributed by atoms with Crippen LogP contribution in [0.5, 0.6) is 5.88 Å². The van der Waals surface area contributed by atoms with Crippen molar-refractivity contribution in [1.29, 1.82) is 0 Å². The average molecular weight is 351 g/mol. The smallest absolute Gasteiger partial charge is 0.270 e.